The van der Waals surface area contributed by atoms with Gasteiger partial charge in [0.25, 0.3) is 0 Å². The highest BCUT2D eigenvalue weighted by Gasteiger charge is 2.34. The second kappa shape index (κ2) is 8.14. The molecule has 140 valence electrons. The van der Waals surface area contributed by atoms with Crippen molar-refractivity contribution >= 4 is 23.5 Å². The third-order valence-corrected chi connectivity index (χ3v) is 4.72. The van der Waals surface area contributed by atoms with Crippen molar-refractivity contribution in [1.29, 1.82) is 0 Å². The Hall–Kier alpha value is -1.99. The first-order valence-corrected chi connectivity index (χ1v) is 9.03. The van der Waals surface area contributed by atoms with Gasteiger partial charge in [-0.05, 0) is 30.7 Å². The number of nitrogens with one attached hydrogen (secondary N) is 2. The van der Waals surface area contributed by atoms with Crippen LogP contribution in [0.3, 0.4) is 0 Å². The van der Waals surface area contributed by atoms with Gasteiger partial charge in [-0.25, -0.2) is 4.99 Å². The molecule has 0 radical (unpaired) electrons. The van der Waals surface area contributed by atoms with Gasteiger partial charge in [-0.3, -0.25) is 10.3 Å². The molecule has 0 saturated heterocycles. The van der Waals surface area contributed by atoms with E-state index in [1.807, 2.05) is 18.2 Å². The number of aliphatic imine (C=N–C) groups is 1. The Kier molecular flexibility index (Phi) is 5.88. The average molecular weight is 383 g/mol. The molecule has 0 spiro atoms. The van der Waals surface area contributed by atoms with Gasteiger partial charge in [0.15, 0.2) is 6.21 Å². The smallest absolute Gasteiger partial charge is 0.321 e. The van der Waals surface area contributed by atoms with Gasteiger partial charge in [0.1, 0.15) is 5.50 Å². The Balaban J connectivity index is 1.60. The maximum Gasteiger partial charge on any atom is 0.321 e. The monoisotopic (exact) mass is 382 g/mol. The molecule has 0 fully saturated rings. The molecular weight excluding hydrogens is 360 g/mol. The van der Waals surface area contributed by atoms with E-state index >= 15 is 0 Å². The highest BCUT2D eigenvalue weighted by molar-refractivity contribution is 6.22. The third-order valence-electron chi connectivity index (χ3n) is 4.45. The number of hydrogen-bond donors (Lipinski definition) is 3. The maximum atomic E-state index is 14.1. The highest BCUT2D eigenvalue weighted by Crippen LogP contribution is 2.22. The molecule has 4 N–H and O–H groups in total. The molecule has 3 aliphatic heterocycles. The van der Waals surface area contributed by atoms with Gasteiger partial charge in [0, 0.05) is 18.9 Å². The molecule has 0 saturated carbocycles. The van der Waals surface area contributed by atoms with E-state index < -0.39 is 12.5 Å². The topological polar surface area (TPSA) is 67.6 Å². The number of halogens is 3. The van der Waals surface area contributed by atoms with E-state index in [0.29, 0.717) is 18.5 Å². The van der Waals surface area contributed by atoms with Crippen LogP contribution in [0, 0.1) is 0 Å². The number of hydrogen-bond acceptors (Lipinski definition) is 4. The lowest BCUT2D eigenvalue weighted by Crippen LogP contribution is -2.75. The normalized spacial score (nSPS) is 26.3. The first-order valence-electron chi connectivity index (χ1n) is 8.59. The summed E-state index contributed by atoms with van der Waals surface area (Å²) in [4.78, 5) is 8.74. The summed E-state index contributed by atoms with van der Waals surface area (Å²) in [5.74, 6) is -2.83. The summed E-state index contributed by atoms with van der Waals surface area (Å²) in [7, 11) is 0. The van der Waals surface area contributed by atoms with Crippen LogP contribution < -0.4 is 16.0 Å². The summed E-state index contributed by atoms with van der Waals surface area (Å²) in [6, 6.07) is -0.00533. The summed E-state index contributed by atoms with van der Waals surface area (Å²) in [6.45, 7) is -0.104. The summed E-state index contributed by atoms with van der Waals surface area (Å²) in [5.41, 5.74) is 7.86. The zero-order chi connectivity index (χ0) is 18.6. The van der Waals surface area contributed by atoms with E-state index in [2.05, 4.69) is 15.3 Å². The van der Waals surface area contributed by atoms with Crippen molar-refractivity contribution < 1.29 is 13.8 Å². The van der Waals surface area contributed by atoms with Gasteiger partial charge in [-0.1, -0.05) is 12.2 Å². The number of alkyl halides is 3. The number of rotatable bonds is 6. The number of allylic oxidation sites excluding steroid dienone is 1. The molecule has 0 aromatic heterocycles. The summed E-state index contributed by atoms with van der Waals surface area (Å²) < 4.78 is 28.1. The van der Waals surface area contributed by atoms with Crippen molar-refractivity contribution in [2.24, 2.45) is 10.7 Å². The van der Waals surface area contributed by atoms with Crippen molar-refractivity contribution in [3.8, 4) is 0 Å². The van der Waals surface area contributed by atoms with Gasteiger partial charge in [0.2, 0.25) is 6.54 Å². The molecule has 0 aliphatic carbocycles. The molecule has 8 heteroatoms. The SMILES string of the molecule is NC=C(C=[NH+]CC(F)(F)CN1C=CCC1)C1=CN=C2C=CC(Cl)NC2C1. The van der Waals surface area contributed by atoms with E-state index in [0.717, 1.165) is 17.7 Å². The van der Waals surface area contributed by atoms with Crippen LogP contribution in [0.2, 0.25) is 0 Å². The van der Waals surface area contributed by atoms with Crippen LogP contribution >= 0.6 is 11.6 Å². The number of fused-ring (bicyclic) bond motifs is 1. The van der Waals surface area contributed by atoms with E-state index in [-0.39, 0.29) is 18.1 Å². The van der Waals surface area contributed by atoms with E-state index in [4.69, 9.17) is 17.3 Å². The molecule has 26 heavy (non-hydrogen) atoms. The quantitative estimate of drug-likeness (QED) is 0.359. The molecule has 0 amide bonds. The Morgan fingerprint density at radius 2 is 2.38 bits per heavy atom. The summed E-state index contributed by atoms with van der Waals surface area (Å²) in [6.07, 6.45) is 13.5. The highest BCUT2D eigenvalue weighted by atomic mass is 35.5. The van der Waals surface area contributed by atoms with Crippen LogP contribution in [0.15, 0.2) is 53.0 Å². The molecule has 3 heterocycles. The molecule has 0 aromatic carbocycles. The minimum Gasteiger partial charge on any atom is -0.404 e. The van der Waals surface area contributed by atoms with Crippen LogP contribution in [0.5, 0.6) is 0 Å². The van der Waals surface area contributed by atoms with Crippen molar-refractivity contribution in [3.63, 3.8) is 0 Å². The van der Waals surface area contributed by atoms with Crippen molar-refractivity contribution in [2.45, 2.75) is 30.3 Å². The van der Waals surface area contributed by atoms with E-state index in [1.165, 1.54) is 12.4 Å². The average Bonchev–Trinajstić information content (AvgIpc) is 3.10. The van der Waals surface area contributed by atoms with Gasteiger partial charge < -0.3 is 10.6 Å². The third kappa shape index (κ3) is 4.80. The fraction of sp³-hybridized carbons (Fsp3) is 0.444. The van der Waals surface area contributed by atoms with E-state index in [1.54, 1.807) is 17.3 Å². The lowest BCUT2D eigenvalue weighted by molar-refractivity contribution is -0.481. The molecule has 3 aliphatic rings. The predicted octanol–water partition coefficient (Wildman–Crippen LogP) is 0.657. The van der Waals surface area contributed by atoms with Crippen molar-refractivity contribution in [3.05, 3.63) is 48.0 Å². The first kappa shape index (κ1) is 18.8. The summed E-state index contributed by atoms with van der Waals surface area (Å²) >= 11 is 6.08. The molecule has 5 nitrogen and oxygen atoms in total. The molecular formula is C18H23ClF2N5+. The minimum atomic E-state index is -2.83. The van der Waals surface area contributed by atoms with Gasteiger partial charge in [-0.2, -0.15) is 8.78 Å². The second-order valence-corrected chi connectivity index (χ2v) is 7.01. The van der Waals surface area contributed by atoms with Crippen LogP contribution in [0.4, 0.5) is 8.78 Å². The predicted molar refractivity (Wildman–Crippen MR) is 100 cm³/mol. The number of nitrogens with two attached hydrogens (primary N) is 1. The van der Waals surface area contributed by atoms with Crippen LogP contribution in [0.1, 0.15) is 12.8 Å². The second-order valence-electron chi connectivity index (χ2n) is 6.54. The Bertz CT molecular complexity index is 708. The van der Waals surface area contributed by atoms with Crippen LogP contribution in [0.25, 0.3) is 0 Å². The zero-order valence-corrected chi connectivity index (χ0v) is 15.1. The Labute approximate surface area is 156 Å². The van der Waals surface area contributed by atoms with E-state index in [9.17, 15) is 8.78 Å². The fourth-order valence-electron chi connectivity index (χ4n) is 3.13. The maximum absolute atomic E-state index is 14.1. The first-order chi connectivity index (χ1) is 12.5. The fourth-order valence-corrected chi connectivity index (χ4v) is 3.35. The zero-order valence-electron chi connectivity index (χ0n) is 14.3. The molecule has 0 bridgehead atoms. The summed E-state index contributed by atoms with van der Waals surface area (Å²) in [5, 5.41) is 3.22. The molecule has 2 atom stereocenters. The molecule has 2 unspecified atom stereocenters. The lowest BCUT2D eigenvalue weighted by atomic mass is 9.93. The largest absolute Gasteiger partial charge is 0.404 e. The van der Waals surface area contributed by atoms with Crippen molar-refractivity contribution in [1.82, 2.24) is 10.2 Å². The van der Waals surface area contributed by atoms with Crippen LogP contribution in [-0.2, 0) is 0 Å². The van der Waals surface area contributed by atoms with Crippen LogP contribution in [-0.4, -0.2) is 53.9 Å². The Morgan fingerprint density at radius 3 is 3.12 bits per heavy atom. The lowest BCUT2D eigenvalue weighted by Gasteiger charge is -2.28. The molecule has 3 rings (SSSR count). The van der Waals surface area contributed by atoms with Gasteiger partial charge >= 0.3 is 5.92 Å². The van der Waals surface area contributed by atoms with Crippen molar-refractivity contribution in [2.75, 3.05) is 19.6 Å². The standard InChI is InChI=1S/C18H22ClF2N5/c19-17-4-3-15-16(25-17)7-13(10-24-15)14(8-22)9-23-11-18(20,21)12-26-5-1-2-6-26/h1,3-5,8-10,16-17,25H,2,6-7,11-12,22H2/p+1. The minimum absolute atomic E-state index is 0.00533. The van der Waals surface area contributed by atoms with Gasteiger partial charge in [0.05, 0.1) is 23.9 Å². The molecule has 0 aromatic rings. The van der Waals surface area contributed by atoms with Gasteiger partial charge in [-0.15, -0.1) is 11.6 Å². The Morgan fingerprint density at radius 1 is 1.54 bits per heavy atom. The number of nitrogens with zero attached hydrogens (tertiary/aromatic N) is 2.